The minimum Gasteiger partial charge on any atom is -0.446 e. The lowest BCUT2D eigenvalue weighted by atomic mass is 10.1. The van der Waals surface area contributed by atoms with Crippen molar-refractivity contribution >= 4 is 22.9 Å². The first kappa shape index (κ1) is 22.6. The van der Waals surface area contributed by atoms with Gasteiger partial charge in [0.15, 0.2) is 0 Å². The first-order chi connectivity index (χ1) is 16.6. The van der Waals surface area contributed by atoms with Gasteiger partial charge in [0, 0.05) is 44.8 Å². The highest BCUT2D eigenvalue weighted by molar-refractivity contribution is 5.75. The van der Waals surface area contributed by atoms with E-state index in [0.717, 1.165) is 49.3 Å². The highest BCUT2D eigenvalue weighted by Gasteiger charge is 2.35. The largest absolute Gasteiger partial charge is 0.446 e. The number of likely N-dealkylation sites (tertiary alicyclic amines) is 1. The van der Waals surface area contributed by atoms with Crippen molar-refractivity contribution in [2.24, 2.45) is 0 Å². The molecule has 3 heterocycles. The molecule has 0 aliphatic carbocycles. The van der Waals surface area contributed by atoms with Crippen molar-refractivity contribution < 1.29 is 9.53 Å². The number of benzene rings is 2. The van der Waals surface area contributed by atoms with E-state index in [0.29, 0.717) is 13.1 Å². The monoisotopic (exact) mass is 459 g/mol. The predicted octanol–water partition coefficient (Wildman–Crippen LogP) is 4.33. The number of hydrogen-bond acceptors (Lipinski definition) is 6. The summed E-state index contributed by atoms with van der Waals surface area (Å²) in [6.45, 7) is 8.39. The van der Waals surface area contributed by atoms with Crippen LogP contribution in [-0.2, 0) is 11.3 Å². The lowest BCUT2D eigenvalue weighted by molar-refractivity contribution is 0.0166. The highest BCUT2D eigenvalue weighted by Crippen LogP contribution is 2.25. The van der Waals surface area contributed by atoms with Crippen molar-refractivity contribution in [3.05, 3.63) is 66.4 Å². The summed E-state index contributed by atoms with van der Waals surface area (Å²) in [7, 11) is 0. The van der Waals surface area contributed by atoms with Crippen LogP contribution in [-0.4, -0.2) is 70.2 Å². The Morgan fingerprint density at radius 2 is 1.65 bits per heavy atom. The third-order valence-corrected chi connectivity index (χ3v) is 7.00. The fraction of sp³-hybridized carbons (Fsp3) is 0.444. The molecular formula is C27H33N5O2. The molecule has 2 fully saturated rings. The van der Waals surface area contributed by atoms with E-state index in [1.807, 2.05) is 41.4 Å². The first-order valence-corrected chi connectivity index (χ1v) is 12.3. The van der Waals surface area contributed by atoms with Gasteiger partial charge in [0.2, 0.25) is 0 Å². The minimum absolute atomic E-state index is 0.00795. The fourth-order valence-electron chi connectivity index (χ4n) is 5.02. The van der Waals surface area contributed by atoms with Crippen LogP contribution in [0, 0.1) is 0 Å². The van der Waals surface area contributed by atoms with Gasteiger partial charge in [0.1, 0.15) is 11.9 Å². The third kappa shape index (κ3) is 4.99. The van der Waals surface area contributed by atoms with Gasteiger partial charge in [0.25, 0.3) is 0 Å². The number of hydrogen-bond donors (Lipinski definition) is 0. The number of carbonyl (C=O) groups excluding carboxylic acids is 1. The molecule has 0 spiro atoms. The summed E-state index contributed by atoms with van der Waals surface area (Å²) in [5.74, 6) is 0.858. The van der Waals surface area contributed by atoms with Crippen LogP contribution < -0.4 is 4.90 Å². The van der Waals surface area contributed by atoms with Crippen molar-refractivity contribution in [1.82, 2.24) is 19.8 Å². The summed E-state index contributed by atoms with van der Waals surface area (Å²) in [6, 6.07) is 18.6. The SMILES string of the molecule is C[C@@H]1CN(c2cnc3ccccc3n2)[C@H](C)CN1C(=O)OC1CCN(Cc2ccccc2)CC1. The Bertz CT molecular complexity index is 1120. The maximum absolute atomic E-state index is 13.1. The van der Waals surface area contributed by atoms with Crippen LogP contribution in [0.1, 0.15) is 32.3 Å². The van der Waals surface area contributed by atoms with Gasteiger partial charge in [-0.1, -0.05) is 42.5 Å². The molecule has 1 amide bonds. The molecule has 0 radical (unpaired) electrons. The Morgan fingerprint density at radius 1 is 0.941 bits per heavy atom. The Hall–Kier alpha value is -3.19. The van der Waals surface area contributed by atoms with Gasteiger partial charge < -0.3 is 14.5 Å². The number of piperazine rings is 1. The molecule has 2 atom stereocenters. The second-order valence-electron chi connectivity index (χ2n) is 9.56. The van der Waals surface area contributed by atoms with Gasteiger partial charge in [-0.15, -0.1) is 0 Å². The molecule has 3 aromatic rings. The third-order valence-electron chi connectivity index (χ3n) is 7.00. The zero-order valence-electron chi connectivity index (χ0n) is 20.0. The van der Waals surface area contributed by atoms with Crippen molar-refractivity contribution in [3.63, 3.8) is 0 Å². The number of ether oxygens (including phenoxy) is 1. The topological polar surface area (TPSA) is 61.8 Å². The second kappa shape index (κ2) is 9.97. The average Bonchev–Trinajstić information content (AvgIpc) is 2.86. The summed E-state index contributed by atoms with van der Waals surface area (Å²) in [4.78, 5) is 29.0. The zero-order valence-corrected chi connectivity index (χ0v) is 20.0. The Labute approximate surface area is 201 Å². The van der Waals surface area contributed by atoms with E-state index < -0.39 is 0 Å². The molecule has 7 heteroatoms. The Balaban J connectivity index is 1.15. The van der Waals surface area contributed by atoms with Crippen LogP contribution in [0.15, 0.2) is 60.8 Å². The summed E-state index contributed by atoms with van der Waals surface area (Å²) < 4.78 is 5.96. The molecule has 2 aliphatic rings. The lowest BCUT2D eigenvalue weighted by Crippen LogP contribution is -2.59. The summed E-state index contributed by atoms with van der Waals surface area (Å²) in [5, 5.41) is 0. The van der Waals surface area contributed by atoms with Crippen LogP contribution in [0.25, 0.3) is 11.0 Å². The van der Waals surface area contributed by atoms with Crippen molar-refractivity contribution in [3.8, 4) is 0 Å². The van der Waals surface area contributed by atoms with Crippen molar-refractivity contribution in [1.29, 1.82) is 0 Å². The molecule has 34 heavy (non-hydrogen) atoms. The number of amides is 1. The quantitative estimate of drug-likeness (QED) is 0.579. The molecular weight excluding hydrogens is 426 g/mol. The zero-order chi connectivity index (χ0) is 23.5. The molecule has 0 N–H and O–H groups in total. The smallest absolute Gasteiger partial charge is 0.410 e. The van der Waals surface area contributed by atoms with Crippen LogP contribution in [0.2, 0.25) is 0 Å². The van der Waals surface area contributed by atoms with E-state index in [-0.39, 0.29) is 24.3 Å². The number of aromatic nitrogens is 2. The fourth-order valence-corrected chi connectivity index (χ4v) is 5.02. The van der Waals surface area contributed by atoms with Crippen molar-refractivity contribution in [2.45, 2.75) is 51.4 Å². The lowest BCUT2D eigenvalue weighted by Gasteiger charge is -2.44. The standard InChI is InChI=1S/C27H33N5O2/c1-20-18-32(21(2)17-31(20)26-16-28-24-10-6-7-11-25(24)29-26)27(33)34-23-12-14-30(15-13-23)19-22-8-4-3-5-9-22/h3-11,16,20-21,23H,12-15,17-19H2,1-2H3/t20-,21-/m1/s1. The second-order valence-corrected chi connectivity index (χ2v) is 9.56. The molecule has 0 bridgehead atoms. The Kier molecular flexibility index (Phi) is 6.63. The van der Waals surface area contributed by atoms with E-state index in [4.69, 9.17) is 9.72 Å². The van der Waals surface area contributed by atoms with Crippen LogP contribution in [0.4, 0.5) is 10.6 Å². The van der Waals surface area contributed by atoms with E-state index in [1.54, 1.807) is 0 Å². The van der Waals surface area contributed by atoms with E-state index >= 15 is 0 Å². The van der Waals surface area contributed by atoms with Crippen LogP contribution in [0.5, 0.6) is 0 Å². The molecule has 7 nitrogen and oxygen atoms in total. The normalized spacial score (nSPS) is 22.2. The van der Waals surface area contributed by atoms with Gasteiger partial charge in [-0.25, -0.2) is 9.78 Å². The van der Waals surface area contributed by atoms with E-state index in [9.17, 15) is 4.79 Å². The highest BCUT2D eigenvalue weighted by atomic mass is 16.6. The minimum atomic E-state index is -0.190. The van der Waals surface area contributed by atoms with Gasteiger partial charge >= 0.3 is 6.09 Å². The number of carbonyl (C=O) groups is 1. The van der Waals surface area contributed by atoms with E-state index in [1.165, 1.54) is 5.56 Å². The number of anilines is 1. The predicted molar refractivity (Wildman–Crippen MR) is 134 cm³/mol. The number of nitrogens with zero attached hydrogens (tertiary/aromatic N) is 5. The molecule has 2 aliphatic heterocycles. The number of rotatable bonds is 4. The molecule has 5 rings (SSSR count). The maximum atomic E-state index is 13.1. The average molecular weight is 460 g/mol. The number of fused-ring (bicyclic) bond motifs is 1. The van der Waals surface area contributed by atoms with Gasteiger partial charge in [-0.05, 0) is 44.4 Å². The van der Waals surface area contributed by atoms with Gasteiger partial charge in [0.05, 0.1) is 17.2 Å². The van der Waals surface area contributed by atoms with Gasteiger partial charge in [-0.2, -0.15) is 0 Å². The molecule has 0 saturated carbocycles. The van der Waals surface area contributed by atoms with E-state index in [2.05, 4.69) is 52.9 Å². The summed E-state index contributed by atoms with van der Waals surface area (Å²) in [5.41, 5.74) is 3.11. The molecule has 2 aromatic carbocycles. The van der Waals surface area contributed by atoms with Gasteiger partial charge in [-0.3, -0.25) is 9.88 Å². The summed E-state index contributed by atoms with van der Waals surface area (Å²) >= 11 is 0. The molecule has 2 saturated heterocycles. The van der Waals surface area contributed by atoms with Crippen LogP contribution in [0.3, 0.4) is 0 Å². The number of piperidine rings is 1. The Morgan fingerprint density at radius 3 is 2.41 bits per heavy atom. The number of para-hydroxylation sites is 2. The first-order valence-electron chi connectivity index (χ1n) is 12.3. The molecule has 1 aromatic heterocycles. The van der Waals surface area contributed by atoms with Crippen molar-refractivity contribution in [2.75, 3.05) is 31.1 Å². The molecule has 0 unspecified atom stereocenters. The molecule has 178 valence electrons. The van der Waals surface area contributed by atoms with Crippen LogP contribution >= 0.6 is 0 Å². The summed E-state index contributed by atoms with van der Waals surface area (Å²) in [6.07, 6.45) is 3.41. The maximum Gasteiger partial charge on any atom is 0.410 e.